The smallest absolute Gasteiger partial charge is 0.193 e. The predicted octanol–water partition coefficient (Wildman–Crippen LogP) is 3.86. The third-order valence-corrected chi connectivity index (χ3v) is 6.12. The van der Waals surface area contributed by atoms with Gasteiger partial charge in [0.15, 0.2) is 5.78 Å². The first-order chi connectivity index (χ1) is 11.7. The number of halogens is 1. The van der Waals surface area contributed by atoms with Crippen LogP contribution >= 0.6 is 11.6 Å². The second-order valence-corrected chi connectivity index (χ2v) is 8.37. The molecule has 0 spiro atoms. The van der Waals surface area contributed by atoms with Gasteiger partial charge in [0.25, 0.3) is 0 Å². The molecule has 0 saturated heterocycles. The summed E-state index contributed by atoms with van der Waals surface area (Å²) in [5.74, 6) is -0.0461. The molecule has 1 unspecified atom stereocenters. The largest absolute Gasteiger partial charge is 0.386 e. The molecule has 4 heteroatoms. The van der Waals surface area contributed by atoms with Gasteiger partial charge in [0.1, 0.15) is 11.7 Å². The number of hydrogen-bond acceptors (Lipinski definition) is 3. The number of benzene rings is 2. The second kappa shape index (κ2) is 5.41. The summed E-state index contributed by atoms with van der Waals surface area (Å²) in [6.45, 7) is 3.87. The zero-order chi connectivity index (χ0) is 18.0. The van der Waals surface area contributed by atoms with Crippen LogP contribution in [0, 0.1) is 5.41 Å². The normalized spacial score (nSPS) is 24.9. The minimum atomic E-state index is -1.12. The third kappa shape index (κ3) is 2.53. The van der Waals surface area contributed by atoms with Crippen molar-refractivity contribution in [1.29, 1.82) is 0 Å². The summed E-state index contributed by atoms with van der Waals surface area (Å²) in [5.41, 5.74) is 2.36. The Balaban J connectivity index is 1.75. The number of carbonyl (C=O) groups is 1. The molecule has 130 valence electrons. The van der Waals surface area contributed by atoms with Gasteiger partial charge in [0.05, 0.1) is 0 Å². The summed E-state index contributed by atoms with van der Waals surface area (Å²) in [6.07, 6.45) is 1.07. The molecule has 0 radical (unpaired) electrons. The van der Waals surface area contributed by atoms with Crippen LogP contribution in [0.2, 0.25) is 5.02 Å². The van der Waals surface area contributed by atoms with E-state index in [-0.39, 0.29) is 11.2 Å². The molecule has 2 aliphatic rings. The maximum Gasteiger partial charge on any atom is 0.193 e. The summed E-state index contributed by atoms with van der Waals surface area (Å²) in [6, 6.07) is 10.8. The molecule has 25 heavy (non-hydrogen) atoms. The van der Waals surface area contributed by atoms with E-state index in [9.17, 15) is 15.0 Å². The maximum atomic E-state index is 13.0. The van der Waals surface area contributed by atoms with Crippen molar-refractivity contribution in [3.05, 3.63) is 69.2 Å². The number of rotatable bonds is 2. The Bertz CT molecular complexity index is 887. The monoisotopic (exact) mass is 356 g/mol. The van der Waals surface area contributed by atoms with E-state index in [1.165, 1.54) is 0 Å². The fourth-order valence-corrected chi connectivity index (χ4v) is 4.17. The van der Waals surface area contributed by atoms with Gasteiger partial charge in [-0.3, -0.25) is 4.79 Å². The van der Waals surface area contributed by atoms with Crippen LogP contribution < -0.4 is 0 Å². The number of aryl methyl sites for hydroxylation is 2. The zero-order valence-corrected chi connectivity index (χ0v) is 15.1. The van der Waals surface area contributed by atoms with E-state index in [4.69, 9.17) is 11.6 Å². The first-order valence-electron chi connectivity index (χ1n) is 8.59. The lowest BCUT2D eigenvalue weighted by Crippen LogP contribution is -2.26. The van der Waals surface area contributed by atoms with Crippen LogP contribution in [0.4, 0.5) is 0 Å². The molecule has 0 amide bonds. The summed E-state index contributed by atoms with van der Waals surface area (Å²) in [4.78, 5) is 13.0. The van der Waals surface area contributed by atoms with Gasteiger partial charge in [0.2, 0.25) is 0 Å². The van der Waals surface area contributed by atoms with Crippen molar-refractivity contribution in [1.82, 2.24) is 0 Å². The highest BCUT2D eigenvalue weighted by molar-refractivity contribution is 6.30. The quantitative estimate of drug-likeness (QED) is 0.859. The fourth-order valence-electron chi connectivity index (χ4n) is 3.97. The van der Waals surface area contributed by atoms with E-state index in [1.54, 1.807) is 18.2 Å². The average molecular weight is 357 g/mol. The standard InChI is InChI=1S/C21H21ClO3/c1-20(2)11-21(20,25)19(24)14-6-4-12-3-5-13-9-15(22)7-8-16(13)18(23)17(12)10-14/h4,6-10,19,24-25H,3,5,11H2,1-2H3/t19?,21-/m0/s1. The fraction of sp³-hybridized carbons (Fsp3) is 0.381. The topological polar surface area (TPSA) is 57.5 Å². The number of carbonyl (C=O) groups excluding carboxylic acids is 1. The first-order valence-corrected chi connectivity index (χ1v) is 8.97. The van der Waals surface area contributed by atoms with Gasteiger partial charge < -0.3 is 10.2 Å². The van der Waals surface area contributed by atoms with Crippen molar-refractivity contribution >= 4 is 17.4 Å². The summed E-state index contributed by atoms with van der Waals surface area (Å²) in [5, 5.41) is 21.9. The van der Waals surface area contributed by atoms with Gasteiger partial charge in [0, 0.05) is 16.1 Å². The van der Waals surface area contributed by atoms with Crippen molar-refractivity contribution in [2.75, 3.05) is 0 Å². The van der Waals surface area contributed by atoms with Crippen LogP contribution in [-0.2, 0) is 12.8 Å². The number of aliphatic hydroxyl groups is 2. The van der Waals surface area contributed by atoms with E-state index >= 15 is 0 Å². The molecule has 0 aromatic heterocycles. The summed E-state index contributed by atoms with van der Waals surface area (Å²) < 4.78 is 0. The Labute approximate surface area is 152 Å². The number of fused-ring (bicyclic) bond motifs is 2. The summed E-state index contributed by atoms with van der Waals surface area (Å²) in [7, 11) is 0. The molecule has 0 bridgehead atoms. The lowest BCUT2D eigenvalue weighted by molar-refractivity contribution is -0.0260. The van der Waals surface area contributed by atoms with Gasteiger partial charge in [-0.25, -0.2) is 0 Å². The van der Waals surface area contributed by atoms with Crippen LogP contribution in [0.1, 0.15) is 59.0 Å². The van der Waals surface area contributed by atoms with Crippen molar-refractivity contribution in [3.8, 4) is 0 Å². The molecular formula is C21H21ClO3. The van der Waals surface area contributed by atoms with E-state index in [1.807, 2.05) is 32.0 Å². The third-order valence-electron chi connectivity index (χ3n) is 5.88. The van der Waals surface area contributed by atoms with Gasteiger partial charge in [-0.05, 0) is 65.6 Å². The van der Waals surface area contributed by atoms with Crippen LogP contribution in [0.15, 0.2) is 36.4 Å². The molecule has 2 atom stereocenters. The molecule has 1 fully saturated rings. The molecule has 0 aliphatic heterocycles. The van der Waals surface area contributed by atoms with Crippen LogP contribution in [0.25, 0.3) is 0 Å². The van der Waals surface area contributed by atoms with E-state index in [0.29, 0.717) is 28.1 Å². The van der Waals surface area contributed by atoms with Gasteiger partial charge >= 0.3 is 0 Å². The van der Waals surface area contributed by atoms with Crippen LogP contribution in [0.5, 0.6) is 0 Å². The molecular weight excluding hydrogens is 336 g/mol. The van der Waals surface area contributed by atoms with E-state index in [2.05, 4.69) is 0 Å². The minimum absolute atomic E-state index is 0.0461. The Morgan fingerprint density at radius 1 is 1.04 bits per heavy atom. The van der Waals surface area contributed by atoms with Crippen molar-refractivity contribution in [2.24, 2.45) is 5.41 Å². The molecule has 2 N–H and O–H groups in total. The Morgan fingerprint density at radius 3 is 2.40 bits per heavy atom. The molecule has 1 saturated carbocycles. The van der Waals surface area contributed by atoms with Gasteiger partial charge in [-0.15, -0.1) is 0 Å². The highest BCUT2D eigenvalue weighted by Gasteiger charge is 2.64. The second-order valence-electron chi connectivity index (χ2n) is 7.93. The lowest BCUT2D eigenvalue weighted by atomic mass is 9.91. The number of ketones is 1. The predicted molar refractivity (Wildman–Crippen MR) is 97.0 cm³/mol. The Hall–Kier alpha value is -1.68. The van der Waals surface area contributed by atoms with Crippen molar-refractivity contribution < 1.29 is 15.0 Å². The Morgan fingerprint density at radius 2 is 1.72 bits per heavy atom. The Kier molecular flexibility index (Phi) is 3.63. The van der Waals surface area contributed by atoms with Crippen LogP contribution in [-0.4, -0.2) is 21.6 Å². The van der Waals surface area contributed by atoms with Gasteiger partial charge in [-0.2, -0.15) is 0 Å². The zero-order valence-electron chi connectivity index (χ0n) is 14.3. The van der Waals surface area contributed by atoms with E-state index in [0.717, 1.165) is 24.0 Å². The van der Waals surface area contributed by atoms with Crippen LogP contribution in [0.3, 0.4) is 0 Å². The highest BCUT2D eigenvalue weighted by Crippen LogP contribution is 2.61. The van der Waals surface area contributed by atoms with Crippen molar-refractivity contribution in [3.63, 3.8) is 0 Å². The average Bonchev–Trinajstić information content (AvgIpc) is 3.14. The molecule has 2 aromatic rings. The summed E-state index contributed by atoms with van der Waals surface area (Å²) >= 11 is 6.07. The van der Waals surface area contributed by atoms with Gasteiger partial charge in [-0.1, -0.05) is 37.6 Å². The molecule has 0 heterocycles. The molecule has 4 rings (SSSR count). The molecule has 2 aromatic carbocycles. The first kappa shape index (κ1) is 16.8. The number of hydrogen-bond donors (Lipinski definition) is 2. The molecule has 2 aliphatic carbocycles. The SMILES string of the molecule is CC1(C)C[C@]1(O)C(O)c1ccc2c(c1)C(=O)c1ccc(Cl)cc1CC2. The number of aliphatic hydroxyl groups excluding tert-OH is 1. The van der Waals surface area contributed by atoms with Crippen molar-refractivity contribution in [2.45, 2.75) is 44.8 Å². The lowest BCUT2D eigenvalue weighted by Gasteiger charge is -2.22. The maximum absolute atomic E-state index is 13.0. The molecule has 3 nitrogen and oxygen atoms in total. The van der Waals surface area contributed by atoms with E-state index < -0.39 is 11.7 Å². The highest BCUT2D eigenvalue weighted by atomic mass is 35.5. The minimum Gasteiger partial charge on any atom is -0.386 e.